The van der Waals surface area contributed by atoms with Crippen LogP contribution in [0.2, 0.25) is 0 Å². The number of rotatable bonds is 4. The fourth-order valence-electron chi connectivity index (χ4n) is 3.98. The van der Waals surface area contributed by atoms with Crippen LogP contribution in [0.5, 0.6) is 0 Å². The lowest BCUT2D eigenvalue weighted by atomic mass is 9.88. The average molecular weight is 268 g/mol. The number of nitrogens with two attached hydrogens (primary N) is 1. The summed E-state index contributed by atoms with van der Waals surface area (Å²) in [4.78, 5) is 2.72. The molecule has 2 N–H and O–H groups in total. The van der Waals surface area contributed by atoms with E-state index in [4.69, 9.17) is 10.5 Å². The summed E-state index contributed by atoms with van der Waals surface area (Å²) in [6, 6.07) is 0. The molecule has 2 heterocycles. The topological polar surface area (TPSA) is 38.5 Å². The third-order valence-electron chi connectivity index (χ3n) is 5.24. The molecular weight excluding hydrogens is 236 g/mol. The van der Waals surface area contributed by atoms with Gasteiger partial charge in [0.05, 0.1) is 0 Å². The average Bonchev–Trinajstić information content (AvgIpc) is 2.80. The molecule has 0 amide bonds. The van der Waals surface area contributed by atoms with E-state index in [-0.39, 0.29) is 5.54 Å². The van der Waals surface area contributed by atoms with Crippen LogP contribution in [0.25, 0.3) is 0 Å². The highest BCUT2D eigenvalue weighted by Crippen LogP contribution is 2.32. The molecule has 2 unspecified atom stereocenters. The maximum Gasteiger partial charge on any atom is 0.0484 e. The van der Waals surface area contributed by atoms with Gasteiger partial charge in [-0.15, -0.1) is 0 Å². The standard InChI is InChI=1S/C16H32N2O/c1-2-5-15-6-3-10-18(11-7-15)16(14-17)8-4-12-19-13-9-16/h15H,2-14,17H2,1H3. The Balaban J connectivity index is 1.97. The summed E-state index contributed by atoms with van der Waals surface area (Å²) in [6.45, 7) is 7.43. The molecule has 0 spiro atoms. The molecule has 0 aromatic carbocycles. The Kier molecular flexibility index (Phi) is 6.11. The predicted octanol–water partition coefficient (Wildman–Crippen LogP) is 2.79. The molecule has 0 radical (unpaired) electrons. The van der Waals surface area contributed by atoms with E-state index in [1.165, 1.54) is 58.0 Å². The van der Waals surface area contributed by atoms with Gasteiger partial charge in [-0.3, -0.25) is 4.90 Å². The Hall–Kier alpha value is -0.120. The number of hydrogen-bond donors (Lipinski definition) is 1. The van der Waals surface area contributed by atoms with E-state index in [1.54, 1.807) is 0 Å². The fraction of sp³-hybridized carbons (Fsp3) is 1.00. The number of likely N-dealkylation sites (tertiary alicyclic amines) is 1. The van der Waals surface area contributed by atoms with Crippen molar-refractivity contribution in [3.63, 3.8) is 0 Å². The quantitative estimate of drug-likeness (QED) is 0.852. The molecule has 3 heteroatoms. The second-order valence-electron chi connectivity index (χ2n) is 6.47. The van der Waals surface area contributed by atoms with E-state index in [0.717, 1.165) is 32.1 Å². The van der Waals surface area contributed by atoms with Crippen LogP contribution in [0.15, 0.2) is 0 Å². The van der Waals surface area contributed by atoms with Gasteiger partial charge in [0.25, 0.3) is 0 Å². The highest BCUT2D eigenvalue weighted by Gasteiger charge is 2.36. The minimum atomic E-state index is 0.234. The molecule has 112 valence electrons. The molecule has 2 saturated heterocycles. The van der Waals surface area contributed by atoms with E-state index in [0.29, 0.717) is 0 Å². The van der Waals surface area contributed by atoms with Gasteiger partial charge in [0.2, 0.25) is 0 Å². The number of ether oxygens (including phenoxy) is 1. The molecule has 0 aliphatic carbocycles. The molecule has 19 heavy (non-hydrogen) atoms. The van der Waals surface area contributed by atoms with Crippen molar-refractivity contribution in [1.82, 2.24) is 4.90 Å². The molecular formula is C16H32N2O. The molecule has 2 fully saturated rings. The van der Waals surface area contributed by atoms with Crippen molar-refractivity contribution in [3.05, 3.63) is 0 Å². The van der Waals surface area contributed by atoms with Crippen LogP contribution in [0.3, 0.4) is 0 Å². The van der Waals surface area contributed by atoms with Crippen LogP contribution in [-0.2, 0) is 4.74 Å². The highest BCUT2D eigenvalue weighted by atomic mass is 16.5. The zero-order chi connectivity index (χ0) is 13.6. The summed E-state index contributed by atoms with van der Waals surface area (Å²) in [5.41, 5.74) is 6.42. The molecule has 2 rings (SSSR count). The summed E-state index contributed by atoms with van der Waals surface area (Å²) < 4.78 is 5.65. The van der Waals surface area contributed by atoms with E-state index in [2.05, 4.69) is 11.8 Å². The van der Waals surface area contributed by atoms with Gasteiger partial charge in [-0.05, 0) is 57.5 Å². The van der Waals surface area contributed by atoms with Crippen LogP contribution in [0.4, 0.5) is 0 Å². The van der Waals surface area contributed by atoms with Gasteiger partial charge in [-0.1, -0.05) is 19.8 Å². The second kappa shape index (κ2) is 7.61. The zero-order valence-corrected chi connectivity index (χ0v) is 12.7. The van der Waals surface area contributed by atoms with Gasteiger partial charge in [-0.2, -0.15) is 0 Å². The van der Waals surface area contributed by atoms with E-state index < -0.39 is 0 Å². The summed E-state index contributed by atoms with van der Waals surface area (Å²) >= 11 is 0. The molecule has 0 aromatic rings. The molecule has 3 nitrogen and oxygen atoms in total. The third-order valence-corrected chi connectivity index (χ3v) is 5.24. The van der Waals surface area contributed by atoms with Crippen molar-refractivity contribution >= 4 is 0 Å². The first-order valence-electron chi connectivity index (χ1n) is 8.33. The minimum absolute atomic E-state index is 0.234. The van der Waals surface area contributed by atoms with Crippen molar-refractivity contribution in [2.75, 3.05) is 32.8 Å². The van der Waals surface area contributed by atoms with Gasteiger partial charge in [0.15, 0.2) is 0 Å². The van der Waals surface area contributed by atoms with Crippen LogP contribution in [0.1, 0.15) is 58.3 Å². The van der Waals surface area contributed by atoms with E-state index >= 15 is 0 Å². The molecule has 2 atom stereocenters. The Labute approximate surface area is 118 Å². The van der Waals surface area contributed by atoms with Crippen molar-refractivity contribution in [2.24, 2.45) is 11.7 Å². The van der Waals surface area contributed by atoms with Gasteiger partial charge >= 0.3 is 0 Å². The minimum Gasteiger partial charge on any atom is -0.381 e. The number of hydrogen-bond acceptors (Lipinski definition) is 3. The summed E-state index contributed by atoms with van der Waals surface area (Å²) in [7, 11) is 0. The SMILES string of the molecule is CCCC1CCCN(C2(CN)CCCOCC2)CC1. The maximum absolute atomic E-state index is 6.19. The summed E-state index contributed by atoms with van der Waals surface area (Å²) in [6.07, 6.45) is 10.4. The number of nitrogens with zero attached hydrogens (tertiary/aromatic N) is 1. The molecule has 0 saturated carbocycles. The fourth-order valence-corrected chi connectivity index (χ4v) is 3.98. The lowest BCUT2D eigenvalue weighted by Gasteiger charge is -2.42. The van der Waals surface area contributed by atoms with Crippen molar-refractivity contribution in [2.45, 2.75) is 63.8 Å². The summed E-state index contributed by atoms with van der Waals surface area (Å²) in [5, 5.41) is 0. The molecule has 2 aliphatic heterocycles. The largest absolute Gasteiger partial charge is 0.381 e. The van der Waals surface area contributed by atoms with Gasteiger partial charge < -0.3 is 10.5 Å². The Morgan fingerprint density at radius 1 is 1.16 bits per heavy atom. The van der Waals surface area contributed by atoms with Crippen LogP contribution >= 0.6 is 0 Å². The Morgan fingerprint density at radius 2 is 2.05 bits per heavy atom. The molecule has 0 bridgehead atoms. The van der Waals surface area contributed by atoms with E-state index in [9.17, 15) is 0 Å². The first kappa shape index (κ1) is 15.3. The third kappa shape index (κ3) is 3.93. The Bertz CT molecular complexity index is 249. The van der Waals surface area contributed by atoms with Crippen LogP contribution < -0.4 is 5.73 Å². The second-order valence-corrected chi connectivity index (χ2v) is 6.47. The van der Waals surface area contributed by atoms with Gasteiger partial charge in [-0.25, -0.2) is 0 Å². The van der Waals surface area contributed by atoms with Crippen LogP contribution in [-0.4, -0.2) is 43.3 Å². The first-order chi connectivity index (χ1) is 9.30. The smallest absolute Gasteiger partial charge is 0.0484 e. The van der Waals surface area contributed by atoms with Crippen molar-refractivity contribution in [1.29, 1.82) is 0 Å². The van der Waals surface area contributed by atoms with Crippen molar-refractivity contribution in [3.8, 4) is 0 Å². The van der Waals surface area contributed by atoms with E-state index in [1.807, 2.05) is 0 Å². The highest BCUT2D eigenvalue weighted by molar-refractivity contribution is 4.94. The first-order valence-corrected chi connectivity index (χ1v) is 8.33. The normalized spacial score (nSPS) is 34.7. The Morgan fingerprint density at radius 3 is 2.84 bits per heavy atom. The summed E-state index contributed by atoms with van der Waals surface area (Å²) in [5.74, 6) is 0.951. The predicted molar refractivity (Wildman–Crippen MR) is 80.3 cm³/mol. The van der Waals surface area contributed by atoms with Crippen molar-refractivity contribution < 1.29 is 4.74 Å². The lowest BCUT2D eigenvalue weighted by molar-refractivity contribution is 0.0688. The van der Waals surface area contributed by atoms with Crippen LogP contribution in [0, 0.1) is 5.92 Å². The van der Waals surface area contributed by atoms with Gasteiger partial charge in [0.1, 0.15) is 0 Å². The zero-order valence-electron chi connectivity index (χ0n) is 12.7. The molecule has 2 aliphatic rings. The van der Waals surface area contributed by atoms with Gasteiger partial charge in [0, 0.05) is 25.3 Å². The monoisotopic (exact) mass is 268 g/mol. The molecule has 0 aromatic heterocycles. The lowest BCUT2D eigenvalue weighted by Crippen LogP contribution is -2.54. The maximum atomic E-state index is 6.19.